The molecule has 1 fully saturated rings. The fourth-order valence-corrected chi connectivity index (χ4v) is 3.24. The van der Waals surface area contributed by atoms with Crippen LogP contribution in [0.1, 0.15) is 12.8 Å². The summed E-state index contributed by atoms with van der Waals surface area (Å²) >= 11 is 0. The highest BCUT2D eigenvalue weighted by Gasteiger charge is 2.35. The molecule has 2 rings (SSSR count). The molecule has 1 aliphatic rings. The first kappa shape index (κ1) is 21.3. The van der Waals surface area contributed by atoms with Crippen molar-refractivity contribution in [2.24, 2.45) is 4.99 Å². The summed E-state index contributed by atoms with van der Waals surface area (Å²) in [4.78, 5) is 8.82. The molecule has 1 saturated heterocycles. The predicted molar refractivity (Wildman–Crippen MR) is 109 cm³/mol. The van der Waals surface area contributed by atoms with Crippen molar-refractivity contribution in [1.82, 2.24) is 15.1 Å². The van der Waals surface area contributed by atoms with E-state index < -0.39 is 0 Å². The van der Waals surface area contributed by atoms with Crippen LogP contribution < -0.4 is 14.8 Å². The van der Waals surface area contributed by atoms with E-state index >= 15 is 0 Å². The summed E-state index contributed by atoms with van der Waals surface area (Å²) < 4.78 is 16.5. The Morgan fingerprint density at radius 3 is 2.33 bits per heavy atom. The number of guanidine groups is 1. The number of hydrogen-bond donors (Lipinski definition) is 1. The number of rotatable bonds is 8. The lowest BCUT2D eigenvalue weighted by Crippen LogP contribution is -2.57. The van der Waals surface area contributed by atoms with Gasteiger partial charge in [0, 0.05) is 39.4 Å². The maximum atomic E-state index is 5.82. The quantitative estimate of drug-likeness (QED) is 0.549. The molecule has 0 unspecified atom stereocenters. The van der Waals surface area contributed by atoms with Crippen molar-refractivity contribution in [3.05, 3.63) is 24.3 Å². The van der Waals surface area contributed by atoms with Gasteiger partial charge in [-0.2, -0.15) is 0 Å². The lowest BCUT2D eigenvalue weighted by atomic mass is 9.88. The van der Waals surface area contributed by atoms with Crippen LogP contribution in [0.15, 0.2) is 29.3 Å². The Morgan fingerprint density at radius 2 is 1.78 bits per heavy atom. The molecule has 27 heavy (non-hydrogen) atoms. The second kappa shape index (κ2) is 10.4. The van der Waals surface area contributed by atoms with E-state index in [-0.39, 0.29) is 5.54 Å². The van der Waals surface area contributed by atoms with Gasteiger partial charge in [-0.15, -0.1) is 0 Å². The van der Waals surface area contributed by atoms with Crippen molar-refractivity contribution in [1.29, 1.82) is 0 Å². The fraction of sp³-hybridized carbons (Fsp3) is 0.650. The zero-order chi connectivity index (χ0) is 19.7. The van der Waals surface area contributed by atoms with Crippen molar-refractivity contribution < 1.29 is 14.2 Å². The molecule has 0 aliphatic carbocycles. The Kier molecular flexibility index (Phi) is 8.19. The number of ether oxygens (including phenoxy) is 3. The molecule has 0 radical (unpaired) electrons. The minimum atomic E-state index is 0.106. The average molecular weight is 379 g/mol. The number of aliphatic imine (C=N–C) groups is 1. The zero-order valence-electron chi connectivity index (χ0n) is 17.3. The van der Waals surface area contributed by atoms with Gasteiger partial charge < -0.3 is 29.3 Å². The lowest BCUT2D eigenvalue weighted by Gasteiger charge is -2.43. The summed E-state index contributed by atoms with van der Waals surface area (Å²) in [7, 11) is 9.78. The van der Waals surface area contributed by atoms with Gasteiger partial charge in [-0.25, -0.2) is 0 Å². The van der Waals surface area contributed by atoms with E-state index in [9.17, 15) is 0 Å². The normalized spacial score (nSPS) is 16.9. The minimum Gasteiger partial charge on any atom is -0.497 e. The van der Waals surface area contributed by atoms with Crippen LogP contribution in [-0.4, -0.2) is 89.5 Å². The Bertz CT molecular complexity index is 583. The smallest absolute Gasteiger partial charge is 0.193 e. The second-order valence-corrected chi connectivity index (χ2v) is 7.08. The van der Waals surface area contributed by atoms with E-state index in [1.54, 1.807) is 7.11 Å². The van der Waals surface area contributed by atoms with Crippen LogP contribution in [0, 0.1) is 0 Å². The lowest BCUT2D eigenvalue weighted by molar-refractivity contribution is -0.00522. The molecular formula is C20H34N4O3. The number of methoxy groups -OCH3 is 1. The van der Waals surface area contributed by atoms with Gasteiger partial charge >= 0.3 is 0 Å². The molecule has 7 heteroatoms. The molecule has 7 nitrogen and oxygen atoms in total. The molecule has 0 saturated carbocycles. The Labute approximate surface area is 163 Å². The van der Waals surface area contributed by atoms with Crippen LogP contribution in [0.3, 0.4) is 0 Å². The van der Waals surface area contributed by atoms with Crippen molar-refractivity contribution in [3.63, 3.8) is 0 Å². The van der Waals surface area contributed by atoms with Crippen molar-refractivity contribution in [3.8, 4) is 11.5 Å². The third-order valence-corrected chi connectivity index (χ3v) is 5.28. The summed E-state index contributed by atoms with van der Waals surface area (Å²) in [6.07, 6.45) is 2.04. The first-order valence-electron chi connectivity index (χ1n) is 9.44. The Balaban J connectivity index is 1.81. The number of nitrogens with zero attached hydrogens (tertiary/aromatic N) is 3. The van der Waals surface area contributed by atoms with E-state index in [2.05, 4.69) is 34.2 Å². The molecule has 0 bridgehead atoms. The van der Waals surface area contributed by atoms with Crippen LogP contribution in [-0.2, 0) is 4.74 Å². The molecule has 1 aromatic carbocycles. The largest absolute Gasteiger partial charge is 0.497 e. The molecule has 0 spiro atoms. The van der Waals surface area contributed by atoms with E-state index in [0.29, 0.717) is 6.61 Å². The van der Waals surface area contributed by atoms with Gasteiger partial charge in [-0.3, -0.25) is 4.99 Å². The first-order chi connectivity index (χ1) is 13.0. The number of nitrogens with one attached hydrogen (secondary N) is 1. The van der Waals surface area contributed by atoms with E-state index in [4.69, 9.17) is 14.2 Å². The molecule has 1 heterocycles. The fourth-order valence-electron chi connectivity index (χ4n) is 3.24. The number of benzene rings is 1. The third kappa shape index (κ3) is 6.01. The average Bonchev–Trinajstić information content (AvgIpc) is 2.69. The van der Waals surface area contributed by atoms with Crippen LogP contribution in [0.5, 0.6) is 11.5 Å². The summed E-state index contributed by atoms with van der Waals surface area (Å²) in [5, 5.41) is 3.53. The third-order valence-electron chi connectivity index (χ3n) is 5.28. The molecule has 0 aromatic heterocycles. The van der Waals surface area contributed by atoms with Crippen LogP contribution in [0.25, 0.3) is 0 Å². The maximum absolute atomic E-state index is 5.82. The standard InChI is InChI=1S/C20H34N4O3/c1-21-19(22-16-20(23(2)3)10-13-26-14-11-20)24(4)12-15-27-18-8-6-17(25-5)7-9-18/h6-9H,10-16H2,1-5H3,(H,21,22). The first-order valence-corrected chi connectivity index (χ1v) is 9.44. The van der Waals surface area contributed by atoms with Gasteiger partial charge in [0.15, 0.2) is 5.96 Å². The number of hydrogen-bond acceptors (Lipinski definition) is 5. The van der Waals surface area contributed by atoms with Gasteiger partial charge in [0.1, 0.15) is 18.1 Å². The van der Waals surface area contributed by atoms with Crippen molar-refractivity contribution >= 4 is 5.96 Å². The highest BCUT2D eigenvalue weighted by atomic mass is 16.5. The zero-order valence-corrected chi connectivity index (χ0v) is 17.3. The van der Waals surface area contributed by atoms with Gasteiger partial charge in [0.2, 0.25) is 0 Å². The summed E-state index contributed by atoms with van der Waals surface area (Å²) in [5.74, 6) is 2.54. The summed E-state index contributed by atoms with van der Waals surface area (Å²) in [6, 6.07) is 7.62. The van der Waals surface area contributed by atoms with E-state index in [0.717, 1.165) is 56.6 Å². The Morgan fingerprint density at radius 1 is 1.15 bits per heavy atom. The van der Waals surface area contributed by atoms with Gasteiger partial charge in [-0.05, 0) is 51.2 Å². The topological polar surface area (TPSA) is 58.6 Å². The summed E-state index contributed by atoms with van der Waals surface area (Å²) in [5.41, 5.74) is 0.106. The van der Waals surface area contributed by atoms with Gasteiger partial charge in [0.05, 0.1) is 13.7 Å². The SMILES string of the molecule is CN=C(NCC1(N(C)C)CCOCC1)N(C)CCOc1ccc(OC)cc1. The minimum absolute atomic E-state index is 0.106. The molecule has 0 amide bonds. The monoisotopic (exact) mass is 378 g/mol. The van der Waals surface area contributed by atoms with Gasteiger partial charge in [-0.1, -0.05) is 0 Å². The molecule has 152 valence electrons. The molecule has 1 aromatic rings. The summed E-state index contributed by atoms with van der Waals surface area (Å²) in [6.45, 7) is 3.79. The van der Waals surface area contributed by atoms with E-state index in [1.165, 1.54) is 0 Å². The van der Waals surface area contributed by atoms with Gasteiger partial charge in [0.25, 0.3) is 0 Å². The highest BCUT2D eigenvalue weighted by molar-refractivity contribution is 5.79. The molecular weight excluding hydrogens is 344 g/mol. The van der Waals surface area contributed by atoms with Crippen LogP contribution in [0.4, 0.5) is 0 Å². The molecule has 1 N–H and O–H groups in total. The van der Waals surface area contributed by atoms with Crippen LogP contribution >= 0.6 is 0 Å². The number of likely N-dealkylation sites (N-methyl/N-ethyl adjacent to an activating group) is 2. The van der Waals surface area contributed by atoms with Crippen LogP contribution in [0.2, 0.25) is 0 Å². The molecule has 0 atom stereocenters. The van der Waals surface area contributed by atoms with Crippen molar-refractivity contribution in [2.75, 3.05) is 68.2 Å². The van der Waals surface area contributed by atoms with E-state index in [1.807, 2.05) is 38.4 Å². The maximum Gasteiger partial charge on any atom is 0.193 e. The van der Waals surface area contributed by atoms with Crippen molar-refractivity contribution in [2.45, 2.75) is 18.4 Å². The molecule has 1 aliphatic heterocycles. The predicted octanol–water partition coefficient (Wildman–Crippen LogP) is 1.69. The Hall–Kier alpha value is -1.99. The second-order valence-electron chi connectivity index (χ2n) is 7.08. The highest BCUT2D eigenvalue weighted by Crippen LogP contribution is 2.25.